The van der Waals surface area contributed by atoms with E-state index in [2.05, 4.69) is 52.1 Å². The summed E-state index contributed by atoms with van der Waals surface area (Å²) < 4.78 is 2.26. The van der Waals surface area contributed by atoms with Crippen molar-refractivity contribution in [3.05, 3.63) is 54.1 Å². The summed E-state index contributed by atoms with van der Waals surface area (Å²) in [5.74, 6) is 0. The fourth-order valence-electron chi connectivity index (χ4n) is 2.20. The van der Waals surface area contributed by atoms with Gasteiger partial charge in [-0.2, -0.15) is 0 Å². The molecular weight excluding hydrogens is 210 g/mol. The molecule has 1 heterocycles. The molecule has 1 atom stereocenters. The van der Waals surface area contributed by atoms with E-state index in [1.54, 1.807) is 0 Å². The van der Waals surface area contributed by atoms with Gasteiger partial charge >= 0.3 is 0 Å². The second kappa shape index (κ2) is 5.64. The molecule has 90 valence electrons. The maximum Gasteiger partial charge on any atom is 0.0954 e. The lowest BCUT2D eigenvalue weighted by atomic mass is 10.0. The van der Waals surface area contributed by atoms with Gasteiger partial charge < -0.3 is 9.88 Å². The molecule has 0 aliphatic rings. The quantitative estimate of drug-likeness (QED) is 0.854. The maximum absolute atomic E-state index is 4.26. The Bertz CT molecular complexity index is 448. The van der Waals surface area contributed by atoms with E-state index in [4.69, 9.17) is 0 Å². The van der Waals surface area contributed by atoms with Crippen LogP contribution in [0.15, 0.2) is 42.9 Å². The molecule has 3 heteroatoms. The van der Waals surface area contributed by atoms with Crippen LogP contribution in [0.1, 0.15) is 30.6 Å². The van der Waals surface area contributed by atoms with Crippen molar-refractivity contribution in [2.24, 2.45) is 0 Å². The number of rotatable bonds is 5. The summed E-state index contributed by atoms with van der Waals surface area (Å²) in [6.45, 7) is 3.06. The third-order valence-electron chi connectivity index (χ3n) is 3.01. The smallest absolute Gasteiger partial charge is 0.0954 e. The van der Waals surface area contributed by atoms with Gasteiger partial charge in [-0.05, 0) is 19.0 Å². The van der Waals surface area contributed by atoms with E-state index in [0.29, 0.717) is 6.04 Å². The number of hydrogen-bond donors (Lipinski definition) is 1. The van der Waals surface area contributed by atoms with Crippen LogP contribution in [0.3, 0.4) is 0 Å². The van der Waals surface area contributed by atoms with Crippen molar-refractivity contribution >= 4 is 0 Å². The van der Waals surface area contributed by atoms with Gasteiger partial charge in [0.25, 0.3) is 0 Å². The molecule has 1 N–H and O–H groups in total. The SMILES string of the molecule is CCC(c1ccccc1)n1cncc1CNC. The molecule has 0 bridgehead atoms. The van der Waals surface area contributed by atoms with Crippen LogP contribution in [0.4, 0.5) is 0 Å². The minimum absolute atomic E-state index is 0.377. The van der Waals surface area contributed by atoms with Gasteiger partial charge in [0.05, 0.1) is 18.1 Å². The first-order chi connectivity index (χ1) is 8.36. The fourth-order valence-corrected chi connectivity index (χ4v) is 2.20. The van der Waals surface area contributed by atoms with Crippen molar-refractivity contribution in [3.8, 4) is 0 Å². The summed E-state index contributed by atoms with van der Waals surface area (Å²) in [4.78, 5) is 4.26. The first-order valence-electron chi connectivity index (χ1n) is 6.07. The van der Waals surface area contributed by atoms with Gasteiger partial charge in [-0.1, -0.05) is 37.3 Å². The topological polar surface area (TPSA) is 29.9 Å². The second-order valence-electron chi connectivity index (χ2n) is 4.16. The van der Waals surface area contributed by atoms with Gasteiger partial charge in [-0.25, -0.2) is 4.98 Å². The van der Waals surface area contributed by atoms with Crippen molar-refractivity contribution in [3.63, 3.8) is 0 Å². The first-order valence-corrected chi connectivity index (χ1v) is 6.07. The van der Waals surface area contributed by atoms with E-state index in [9.17, 15) is 0 Å². The van der Waals surface area contributed by atoms with Crippen LogP contribution in [0, 0.1) is 0 Å². The highest BCUT2D eigenvalue weighted by Crippen LogP contribution is 2.23. The van der Waals surface area contributed by atoms with Crippen LogP contribution in [-0.4, -0.2) is 16.6 Å². The van der Waals surface area contributed by atoms with Crippen LogP contribution in [0.25, 0.3) is 0 Å². The zero-order valence-electron chi connectivity index (χ0n) is 10.4. The third kappa shape index (κ3) is 2.56. The highest BCUT2D eigenvalue weighted by molar-refractivity contribution is 5.21. The van der Waals surface area contributed by atoms with Crippen LogP contribution >= 0.6 is 0 Å². The van der Waals surface area contributed by atoms with Gasteiger partial charge in [-0.15, -0.1) is 0 Å². The number of benzene rings is 1. The molecular formula is C14H19N3. The van der Waals surface area contributed by atoms with E-state index in [1.807, 2.05) is 19.6 Å². The molecule has 0 saturated heterocycles. The number of hydrogen-bond acceptors (Lipinski definition) is 2. The highest BCUT2D eigenvalue weighted by Gasteiger charge is 2.13. The van der Waals surface area contributed by atoms with Crippen molar-refractivity contribution < 1.29 is 0 Å². The molecule has 2 rings (SSSR count). The summed E-state index contributed by atoms with van der Waals surface area (Å²) in [5.41, 5.74) is 2.56. The van der Waals surface area contributed by atoms with Gasteiger partial charge in [0.1, 0.15) is 0 Å². The van der Waals surface area contributed by atoms with Gasteiger partial charge in [0.15, 0.2) is 0 Å². The van der Waals surface area contributed by atoms with Gasteiger partial charge in [0, 0.05) is 12.7 Å². The van der Waals surface area contributed by atoms with E-state index in [-0.39, 0.29) is 0 Å². The Balaban J connectivity index is 2.32. The lowest BCUT2D eigenvalue weighted by Gasteiger charge is -2.20. The Hall–Kier alpha value is -1.61. The predicted octanol–water partition coefficient (Wildman–Crippen LogP) is 2.60. The fraction of sp³-hybridized carbons (Fsp3) is 0.357. The molecule has 0 amide bonds. The minimum atomic E-state index is 0.377. The summed E-state index contributed by atoms with van der Waals surface area (Å²) in [5, 5.41) is 3.18. The van der Waals surface area contributed by atoms with Crippen molar-refractivity contribution in [1.29, 1.82) is 0 Å². The summed E-state index contributed by atoms with van der Waals surface area (Å²) in [6.07, 6.45) is 4.92. The Morgan fingerprint density at radius 2 is 2.06 bits per heavy atom. The molecule has 0 radical (unpaired) electrons. The molecule has 0 aliphatic heterocycles. The monoisotopic (exact) mass is 229 g/mol. The highest BCUT2D eigenvalue weighted by atomic mass is 15.1. The maximum atomic E-state index is 4.26. The van der Waals surface area contributed by atoms with Crippen LogP contribution in [0.2, 0.25) is 0 Å². The average Bonchev–Trinajstić information content (AvgIpc) is 2.81. The third-order valence-corrected chi connectivity index (χ3v) is 3.01. The number of imidazole rings is 1. The molecule has 0 spiro atoms. The van der Waals surface area contributed by atoms with E-state index in [1.165, 1.54) is 11.3 Å². The van der Waals surface area contributed by atoms with Gasteiger partial charge in [0.2, 0.25) is 0 Å². The van der Waals surface area contributed by atoms with Crippen molar-refractivity contribution in [2.75, 3.05) is 7.05 Å². The molecule has 1 aromatic heterocycles. The number of nitrogens with zero attached hydrogens (tertiary/aromatic N) is 2. The molecule has 3 nitrogen and oxygen atoms in total. The van der Waals surface area contributed by atoms with E-state index < -0.39 is 0 Å². The standard InChI is InChI=1S/C14H19N3/c1-3-14(12-7-5-4-6-8-12)17-11-16-10-13(17)9-15-2/h4-8,10-11,14-15H,3,9H2,1-2H3. The number of aromatic nitrogens is 2. The summed E-state index contributed by atoms with van der Waals surface area (Å²) >= 11 is 0. The normalized spacial score (nSPS) is 12.6. The Labute approximate surface area is 103 Å². The lowest BCUT2D eigenvalue weighted by Crippen LogP contribution is -2.15. The molecule has 0 aliphatic carbocycles. The lowest BCUT2D eigenvalue weighted by molar-refractivity contribution is 0.537. The van der Waals surface area contributed by atoms with Crippen LogP contribution in [-0.2, 0) is 6.54 Å². The molecule has 0 saturated carbocycles. The summed E-state index contributed by atoms with van der Waals surface area (Å²) in [6, 6.07) is 11.0. The Kier molecular flexibility index (Phi) is 3.94. The van der Waals surface area contributed by atoms with Gasteiger partial charge in [-0.3, -0.25) is 0 Å². The largest absolute Gasteiger partial charge is 0.326 e. The van der Waals surface area contributed by atoms with Crippen LogP contribution in [0.5, 0.6) is 0 Å². The molecule has 1 unspecified atom stereocenters. The zero-order valence-corrected chi connectivity index (χ0v) is 10.4. The zero-order chi connectivity index (χ0) is 12.1. The van der Waals surface area contributed by atoms with Crippen molar-refractivity contribution in [1.82, 2.24) is 14.9 Å². The van der Waals surface area contributed by atoms with Crippen molar-refractivity contribution in [2.45, 2.75) is 25.9 Å². The minimum Gasteiger partial charge on any atom is -0.326 e. The van der Waals surface area contributed by atoms with E-state index >= 15 is 0 Å². The second-order valence-corrected chi connectivity index (χ2v) is 4.16. The Morgan fingerprint density at radius 3 is 2.71 bits per heavy atom. The molecule has 0 fully saturated rings. The molecule has 2 aromatic rings. The average molecular weight is 229 g/mol. The molecule has 1 aromatic carbocycles. The van der Waals surface area contributed by atoms with Crippen LogP contribution < -0.4 is 5.32 Å². The van der Waals surface area contributed by atoms with E-state index in [0.717, 1.165) is 13.0 Å². The molecule has 17 heavy (non-hydrogen) atoms. The Morgan fingerprint density at radius 1 is 1.29 bits per heavy atom. The summed E-state index contributed by atoms with van der Waals surface area (Å²) in [7, 11) is 1.96. The predicted molar refractivity (Wildman–Crippen MR) is 69.9 cm³/mol. The number of nitrogens with one attached hydrogen (secondary N) is 1. The first kappa shape index (κ1) is 11.9.